The molecule has 1 aromatic heterocycles. The summed E-state index contributed by atoms with van der Waals surface area (Å²) >= 11 is 0. The van der Waals surface area contributed by atoms with Crippen LogP contribution in [-0.4, -0.2) is 37.1 Å². The minimum absolute atomic E-state index is 0. The molecule has 128 valence electrons. The standard InChI is InChI=1S/C17H19FN4O.ClH/c1-12-10-13(18)2-4-15(12)17(23)21-16-5-3-14(11-20-16)22-8-6-19-7-9-22;/h2-5,10-11,19H,6-9H2,1H3,(H,20,21,23);1H. The highest BCUT2D eigenvalue weighted by Gasteiger charge is 2.13. The molecule has 2 N–H and O–H groups in total. The van der Waals surface area contributed by atoms with Crippen LogP contribution < -0.4 is 15.5 Å². The fourth-order valence-electron chi connectivity index (χ4n) is 2.64. The normalized spacial score (nSPS) is 14.0. The Hall–Kier alpha value is -2.18. The summed E-state index contributed by atoms with van der Waals surface area (Å²) < 4.78 is 13.1. The van der Waals surface area contributed by atoms with E-state index in [1.165, 1.54) is 18.2 Å². The minimum Gasteiger partial charge on any atom is -0.368 e. The molecule has 0 atom stereocenters. The number of hydrogen-bond acceptors (Lipinski definition) is 4. The third kappa shape index (κ3) is 4.21. The molecule has 2 heterocycles. The molecule has 0 radical (unpaired) electrons. The number of rotatable bonds is 3. The van der Waals surface area contributed by atoms with Crippen LogP contribution in [0.15, 0.2) is 36.5 Å². The Morgan fingerprint density at radius 1 is 1.25 bits per heavy atom. The third-order valence-electron chi connectivity index (χ3n) is 3.90. The highest BCUT2D eigenvalue weighted by molar-refractivity contribution is 6.04. The Labute approximate surface area is 146 Å². The number of nitrogens with one attached hydrogen (secondary N) is 2. The van der Waals surface area contributed by atoms with Gasteiger partial charge in [0.25, 0.3) is 5.91 Å². The van der Waals surface area contributed by atoms with Crippen LogP contribution in [0, 0.1) is 12.7 Å². The van der Waals surface area contributed by atoms with Gasteiger partial charge in [-0.05, 0) is 42.8 Å². The van der Waals surface area contributed by atoms with Crippen molar-refractivity contribution in [3.8, 4) is 0 Å². The van der Waals surface area contributed by atoms with Crippen molar-refractivity contribution >= 4 is 29.8 Å². The molecule has 1 aromatic carbocycles. The zero-order valence-electron chi connectivity index (χ0n) is 13.4. The summed E-state index contributed by atoms with van der Waals surface area (Å²) in [4.78, 5) is 18.8. The van der Waals surface area contributed by atoms with Crippen LogP contribution >= 0.6 is 12.4 Å². The summed E-state index contributed by atoms with van der Waals surface area (Å²) in [6.07, 6.45) is 1.76. The summed E-state index contributed by atoms with van der Waals surface area (Å²) in [5.74, 6) is -0.153. The molecular weight excluding hydrogens is 331 g/mol. The maximum atomic E-state index is 13.1. The van der Waals surface area contributed by atoms with E-state index in [9.17, 15) is 9.18 Å². The molecule has 0 aliphatic carbocycles. The second-order valence-corrected chi connectivity index (χ2v) is 5.55. The quantitative estimate of drug-likeness (QED) is 0.893. The van der Waals surface area contributed by atoms with Crippen LogP contribution in [0.4, 0.5) is 15.9 Å². The van der Waals surface area contributed by atoms with Gasteiger partial charge < -0.3 is 15.5 Å². The first kappa shape index (κ1) is 18.2. The molecule has 3 rings (SSSR count). The third-order valence-corrected chi connectivity index (χ3v) is 3.90. The smallest absolute Gasteiger partial charge is 0.257 e. The van der Waals surface area contributed by atoms with Crippen molar-refractivity contribution in [2.45, 2.75) is 6.92 Å². The van der Waals surface area contributed by atoms with E-state index in [2.05, 4.69) is 20.5 Å². The number of pyridine rings is 1. The Morgan fingerprint density at radius 3 is 2.62 bits per heavy atom. The SMILES string of the molecule is Cc1cc(F)ccc1C(=O)Nc1ccc(N2CCNCC2)cn1.Cl. The molecule has 1 saturated heterocycles. The maximum Gasteiger partial charge on any atom is 0.257 e. The molecule has 7 heteroatoms. The summed E-state index contributed by atoms with van der Waals surface area (Å²) in [6, 6.07) is 7.84. The van der Waals surface area contributed by atoms with Gasteiger partial charge in [0, 0.05) is 31.7 Å². The number of piperazine rings is 1. The number of halogens is 2. The van der Waals surface area contributed by atoms with Crippen molar-refractivity contribution < 1.29 is 9.18 Å². The first-order chi connectivity index (χ1) is 11.1. The number of amides is 1. The zero-order valence-corrected chi connectivity index (χ0v) is 14.2. The fraction of sp³-hybridized carbons (Fsp3) is 0.294. The van der Waals surface area contributed by atoms with E-state index >= 15 is 0 Å². The van der Waals surface area contributed by atoms with Gasteiger partial charge in [0.1, 0.15) is 11.6 Å². The maximum absolute atomic E-state index is 13.1. The van der Waals surface area contributed by atoms with E-state index in [0.717, 1.165) is 31.9 Å². The number of nitrogens with zero attached hydrogens (tertiary/aromatic N) is 2. The molecule has 0 saturated carbocycles. The lowest BCUT2D eigenvalue weighted by molar-refractivity contribution is 0.102. The van der Waals surface area contributed by atoms with Gasteiger partial charge in [-0.1, -0.05) is 0 Å². The van der Waals surface area contributed by atoms with Gasteiger partial charge in [0.2, 0.25) is 0 Å². The van der Waals surface area contributed by atoms with Crippen molar-refractivity contribution in [1.29, 1.82) is 0 Å². The number of carbonyl (C=O) groups is 1. The van der Waals surface area contributed by atoms with Gasteiger partial charge in [0.05, 0.1) is 11.9 Å². The lowest BCUT2D eigenvalue weighted by Crippen LogP contribution is -2.43. The second-order valence-electron chi connectivity index (χ2n) is 5.55. The van der Waals surface area contributed by atoms with E-state index < -0.39 is 0 Å². The first-order valence-electron chi connectivity index (χ1n) is 7.63. The van der Waals surface area contributed by atoms with Gasteiger partial charge in [0.15, 0.2) is 0 Å². The van der Waals surface area contributed by atoms with Crippen LogP contribution in [-0.2, 0) is 0 Å². The molecule has 0 spiro atoms. The minimum atomic E-state index is -0.349. The molecular formula is C17H20ClFN4O. The molecule has 0 unspecified atom stereocenters. The van der Waals surface area contributed by atoms with Gasteiger partial charge in [-0.15, -0.1) is 12.4 Å². The summed E-state index contributed by atoms with van der Waals surface area (Å²) in [6.45, 7) is 5.52. The van der Waals surface area contributed by atoms with Crippen molar-refractivity contribution in [1.82, 2.24) is 10.3 Å². The van der Waals surface area contributed by atoms with E-state index in [1.807, 2.05) is 6.07 Å². The lowest BCUT2D eigenvalue weighted by Gasteiger charge is -2.29. The summed E-state index contributed by atoms with van der Waals surface area (Å²) in [5, 5.41) is 6.05. The average Bonchev–Trinajstić information content (AvgIpc) is 2.56. The monoisotopic (exact) mass is 350 g/mol. The molecule has 1 aliphatic rings. The Morgan fingerprint density at radius 2 is 2.00 bits per heavy atom. The lowest BCUT2D eigenvalue weighted by atomic mass is 10.1. The zero-order chi connectivity index (χ0) is 16.2. The number of anilines is 2. The molecule has 5 nitrogen and oxygen atoms in total. The summed E-state index contributed by atoms with van der Waals surface area (Å²) in [5.41, 5.74) is 2.08. The highest BCUT2D eigenvalue weighted by Crippen LogP contribution is 2.17. The Kier molecular flexibility index (Phi) is 6.11. The highest BCUT2D eigenvalue weighted by atomic mass is 35.5. The molecule has 2 aromatic rings. The average molecular weight is 351 g/mol. The molecule has 1 fully saturated rings. The number of carbonyl (C=O) groups excluding carboxylic acids is 1. The predicted molar refractivity (Wildman–Crippen MR) is 95.7 cm³/mol. The molecule has 24 heavy (non-hydrogen) atoms. The largest absolute Gasteiger partial charge is 0.368 e. The molecule has 1 aliphatic heterocycles. The second kappa shape index (κ2) is 8.08. The number of benzene rings is 1. The number of aromatic nitrogens is 1. The Balaban J connectivity index is 0.00000208. The molecule has 1 amide bonds. The van der Waals surface area contributed by atoms with Gasteiger partial charge in [-0.2, -0.15) is 0 Å². The van der Waals surface area contributed by atoms with Crippen LogP contribution in [0.2, 0.25) is 0 Å². The topological polar surface area (TPSA) is 57.3 Å². The number of hydrogen-bond donors (Lipinski definition) is 2. The van der Waals surface area contributed by atoms with Crippen LogP contribution in [0.3, 0.4) is 0 Å². The van der Waals surface area contributed by atoms with Crippen molar-refractivity contribution in [3.05, 3.63) is 53.5 Å². The Bertz CT molecular complexity index is 702. The van der Waals surface area contributed by atoms with Crippen LogP contribution in [0.1, 0.15) is 15.9 Å². The van der Waals surface area contributed by atoms with Gasteiger partial charge >= 0.3 is 0 Å². The van der Waals surface area contributed by atoms with Crippen LogP contribution in [0.5, 0.6) is 0 Å². The van der Waals surface area contributed by atoms with Gasteiger partial charge in [-0.25, -0.2) is 9.37 Å². The first-order valence-corrected chi connectivity index (χ1v) is 7.63. The van der Waals surface area contributed by atoms with E-state index in [4.69, 9.17) is 0 Å². The predicted octanol–water partition coefficient (Wildman–Crippen LogP) is 2.61. The van der Waals surface area contributed by atoms with E-state index in [-0.39, 0.29) is 24.1 Å². The molecule has 0 bridgehead atoms. The summed E-state index contributed by atoms with van der Waals surface area (Å²) in [7, 11) is 0. The fourth-order valence-corrected chi connectivity index (χ4v) is 2.64. The van der Waals surface area contributed by atoms with Crippen molar-refractivity contribution in [2.75, 3.05) is 36.4 Å². The van der Waals surface area contributed by atoms with Crippen molar-refractivity contribution in [3.63, 3.8) is 0 Å². The van der Waals surface area contributed by atoms with Crippen LogP contribution in [0.25, 0.3) is 0 Å². The van der Waals surface area contributed by atoms with E-state index in [0.29, 0.717) is 16.9 Å². The number of aryl methyl sites for hydroxylation is 1. The van der Waals surface area contributed by atoms with Crippen molar-refractivity contribution in [2.24, 2.45) is 0 Å². The van der Waals surface area contributed by atoms with Gasteiger partial charge in [-0.3, -0.25) is 4.79 Å². The van der Waals surface area contributed by atoms with E-state index in [1.54, 1.807) is 19.2 Å².